The molecule has 4 heterocycles. The van der Waals surface area contributed by atoms with Gasteiger partial charge in [0.1, 0.15) is 18.0 Å². The lowest BCUT2D eigenvalue weighted by molar-refractivity contribution is -0.767. The number of rotatable bonds is 14. The number of nitrogen functional groups attached to an aromatic ring is 2. The van der Waals surface area contributed by atoms with Gasteiger partial charge in [-0.15, -0.1) is 21.1 Å². The van der Waals surface area contributed by atoms with Gasteiger partial charge in [0.2, 0.25) is 29.2 Å². The zero-order valence-corrected chi connectivity index (χ0v) is 26.1. The number of thioether (sulfide) groups is 1. The van der Waals surface area contributed by atoms with E-state index in [9.17, 15) is 39.3 Å². The van der Waals surface area contributed by atoms with Gasteiger partial charge in [0.15, 0.2) is 23.2 Å². The molecule has 0 radical (unpaired) electrons. The maximum Gasteiger partial charge on any atom is 0.350 e. The average Bonchev–Trinajstić information content (AvgIpc) is 3.54. The Labute approximate surface area is 268 Å². The molecular weight excluding hydrogens is 650 g/mol. The number of carbonyl (C=O) groups is 5. The molecule has 22 heteroatoms. The first-order valence-electron chi connectivity index (χ1n) is 13.5. The molecule has 2 aliphatic rings. The minimum Gasteiger partial charge on any atom is -0.543 e. The summed E-state index contributed by atoms with van der Waals surface area (Å²) < 4.78 is 6.83. The summed E-state index contributed by atoms with van der Waals surface area (Å²) in [7, 11) is 0. The monoisotopic (exact) mass is 681 g/mol. The first kappa shape index (κ1) is 34.1. The molecule has 1 saturated heterocycles. The van der Waals surface area contributed by atoms with Gasteiger partial charge in [0, 0.05) is 35.8 Å². The van der Waals surface area contributed by atoms with E-state index in [1.165, 1.54) is 29.4 Å². The predicted octanol–water partition coefficient (Wildman–Crippen LogP) is -4.24. The molecule has 1 fully saturated rings. The Hall–Kier alpha value is -4.80. The number of carboxylic acids is 2. The van der Waals surface area contributed by atoms with Crippen molar-refractivity contribution in [1.82, 2.24) is 24.3 Å². The van der Waals surface area contributed by atoms with Crippen LogP contribution in [0.15, 0.2) is 22.6 Å². The van der Waals surface area contributed by atoms with Crippen LogP contribution in [0, 0.1) is 0 Å². The zero-order valence-electron chi connectivity index (χ0n) is 24.5. The highest BCUT2D eigenvalue weighted by atomic mass is 32.2. The van der Waals surface area contributed by atoms with Crippen LogP contribution >= 0.6 is 23.3 Å². The van der Waals surface area contributed by atoms with Gasteiger partial charge in [-0.1, -0.05) is 5.16 Å². The van der Waals surface area contributed by atoms with E-state index in [4.69, 9.17) is 22.0 Å². The summed E-state index contributed by atoms with van der Waals surface area (Å²) in [4.78, 5) is 72.3. The summed E-state index contributed by atoms with van der Waals surface area (Å²) in [6.45, 7) is 2.08. The largest absolute Gasteiger partial charge is 0.543 e. The maximum atomic E-state index is 13.3. The van der Waals surface area contributed by atoms with Crippen LogP contribution in [0.1, 0.15) is 26.1 Å². The summed E-state index contributed by atoms with van der Waals surface area (Å²) in [6.07, 6.45) is 1.50. The molecule has 0 aromatic carbocycles. The standard InChI is InChI=1S/C24H31N11O9S2/c1-24(2,22(42)43)44-31-13(17-30-23(27)46-32-17)18(38)29-14-19(39)35-15(21(40)41)10(9-45-20(14)35)7-33-8-11(28-12(37)3-4-25)16(26)34(33)5-6-36/h8,14,20,26,36H,3-7,9,25H2,1-2H3,(H6,27,28,29,30,32,37,38,40,41,42,43)/b31-13-/t14-,20-/m1/s1. The van der Waals surface area contributed by atoms with Gasteiger partial charge < -0.3 is 52.8 Å². The van der Waals surface area contributed by atoms with Gasteiger partial charge in [-0.2, -0.15) is 9.36 Å². The molecule has 2 aliphatic heterocycles. The molecule has 0 aliphatic carbocycles. The van der Waals surface area contributed by atoms with Crippen molar-refractivity contribution in [2.24, 2.45) is 10.9 Å². The minimum atomic E-state index is -1.84. The van der Waals surface area contributed by atoms with Gasteiger partial charge in [-0.05, 0) is 13.8 Å². The molecule has 2 atom stereocenters. The van der Waals surface area contributed by atoms with Crippen LogP contribution < -0.4 is 37.6 Å². The Balaban J connectivity index is 1.58. The van der Waals surface area contributed by atoms with Gasteiger partial charge in [-0.25, -0.2) is 4.79 Å². The van der Waals surface area contributed by atoms with Crippen molar-refractivity contribution in [3.8, 4) is 0 Å². The molecule has 3 amide bonds. The van der Waals surface area contributed by atoms with Crippen molar-refractivity contribution < 1.29 is 48.8 Å². The van der Waals surface area contributed by atoms with Crippen LogP contribution in [-0.4, -0.2) is 100 Å². The highest BCUT2D eigenvalue weighted by Gasteiger charge is 2.53. The molecule has 20 nitrogen and oxygen atoms in total. The van der Waals surface area contributed by atoms with E-state index in [-0.39, 0.29) is 66.4 Å². The summed E-state index contributed by atoms with van der Waals surface area (Å²) in [5.74, 6) is -5.28. The number of hydrogen-bond donors (Lipinski definition) is 7. The Morgan fingerprint density at radius 3 is 2.61 bits per heavy atom. The van der Waals surface area contributed by atoms with E-state index >= 15 is 0 Å². The van der Waals surface area contributed by atoms with Crippen LogP contribution in [0.5, 0.6) is 0 Å². The molecule has 0 saturated carbocycles. The number of aliphatic carboxylic acids is 2. The van der Waals surface area contributed by atoms with E-state index in [0.29, 0.717) is 0 Å². The topological polar surface area (TPSA) is 310 Å². The second-order valence-electron chi connectivity index (χ2n) is 10.4. The number of carboxylic acid groups (broad SMARTS) is 2. The second kappa shape index (κ2) is 13.7. The first-order chi connectivity index (χ1) is 21.7. The lowest BCUT2D eigenvalue weighted by Gasteiger charge is -2.50. The molecule has 2 aromatic rings. The fourth-order valence-corrected chi connectivity index (χ4v) is 6.16. The highest BCUT2D eigenvalue weighted by Crippen LogP contribution is 2.40. The van der Waals surface area contributed by atoms with E-state index in [0.717, 1.165) is 28.2 Å². The highest BCUT2D eigenvalue weighted by molar-refractivity contribution is 8.00. The molecular formula is C24H31N11O9S2. The van der Waals surface area contributed by atoms with Crippen LogP contribution in [0.2, 0.25) is 0 Å². The number of amides is 3. The maximum absolute atomic E-state index is 13.3. The van der Waals surface area contributed by atoms with Gasteiger partial charge in [0.05, 0.1) is 18.3 Å². The van der Waals surface area contributed by atoms with Crippen molar-refractivity contribution >= 4 is 75.3 Å². The van der Waals surface area contributed by atoms with Crippen molar-refractivity contribution in [3.63, 3.8) is 0 Å². The number of nitrogens with one attached hydrogen (secondary N) is 2. The van der Waals surface area contributed by atoms with E-state index in [2.05, 4.69) is 25.1 Å². The lowest BCUT2D eigenvalue weighted by Crippen LogP contribution is -2.71. The first-order valence-corrected chi connectivity index (χ1v) is 15.3. The number of β-lactam (4-membered cyclic amide) rings is 1. The number of nitrogens with two attached hydrogens (primary N) is 3. The Kier molecular flexibility index (Phi) is 10.1. The van der Waals surface area contributed by atoms with Gasteiger partial charge in [0.25, 0.3) is 11.8 Å². The fourth-order valence-electron chi connectivity index (χ4n) is 4.39. The molecule has 2 aromatic heterocycles. The number of anilines is 3. The number of aromatic nitrogens is 4. The third-order valence-corrected chi connectivity index (χ3v) is 8.61. The number of nitrogens with zero attached hydrogens (tertiary/aromatic N) is 6. The Morgan fingerprint density at radius 2 is 2.02 bits per heavy atom. The number of aliphatic hydroxyl groups is 1. The number of carbonyl (C=O) groups excluding carboxylic acids is 4. The number of oxime groups is 1. The van der Waals surface area contributed by atoms with Crippen molar-refractivity contribution in [2.45, 2.75) is 50.4 Å². The second-order valence-corrected chi connectivity index (χ2v) is 12.3. The third kappa shape index (κ3) is 6.88. The molecule has 4 rings (SSSR count). The Bertz CT molecular complexity index is 1630. The number of hydrogen-bond acceptors (Lipinski definition) is 16. The zero-order chi connectivity index (χ0) is 33.9. The van der Waals surface area contributed by atoms with Gasteiger partial charge >= 0.3 is 5.97 Å². The van der Waals surface area contributed by atoms with E-state index in [1.807, 2.05) is 0 Å². The van der Waals surface area contributed by atoms with Crippen LogP contribution in [0.25, 0.3) is 0 Å². The smallest absolute Gasteiger partial charge is 0.350 e. The van der Waals surface area contributed by atoms with Crippen molar-refractivity contribution in [3.05, 3.63) is 23.3 Å². The number of fused-ring (bicyclic) bond motifs is 1. The van der Waals surface area contributed by atoms with E-state index in [1.54, 1.807) is 0 Å². The molecule has 0 spiro atoms. The van der Waals surface area contributed by atoms with Crippen LogP contribution in [-0.2, 0) is 41.9 Å². The average molecular weight is 682 g/mol. The molecule has 46 heavy (non-hydrogen) atoms. The summed E-state index contributed by atoms with van der Waals surface area (Å²) in [5.41, 5.74) is 14.9. The predicted molar refractivity (Wildman–Crippen MR) is 159 cm³/mol. The van der Waals surface area contributed by atoms with Crippen molar-refractivity contribution in [1.29, 1.82) is 0 Å². The van der Waals surface area contributed by atoms with E-state index < -0.39 is 58.1 Å². The summed E-state index contributed by atoms with van der Waals surface area (Å²) in [6, 6.07) is -1.21. The minimum absolute atomic E-state index is 0.00971. The third-order valence-electron chi connectivity index (χ3n) is 6.73. The quantitative estimate of drug-likeness (QED) is 0.0430. The molecule has 0 bridgehead atoms. The normalized spacial score (nSPS) is 18.1. The Morgan fingerprint density at radius 1 is 1.30 bits per heavy atom. The van der Waals surface area contributed by atoms with Gasteiger partial charge in [-0.3, -0.25) is 19.3 Å². The fraction of sp³-hybridized carbons (Fsp3) is 0.458. The van der Waals surface area contributed by atoms with Crippen molar-refractivity contribution in [2.75, 3.05) is 35.7 Å². The molecule has 248 valence electrons. The SMILES string of the molecule is CC(C)(O/N=C(\C(=O)N[C@@H]1C(=O)N2C(C(=O)[O-])=C(C[n+]3cc(NC(=O)CCN)c(N)n3CCO)CS[C@H]12)c1nsc(N)n1)C(=O)O. The number of aliphatic hydroxyl groups excluding tert-OH is 1. The molecule has 0 unspecified atom stereocenters. The summed E-state index contributed by atoms with van der Waals surface area (Å²) >= 11 is 1.89. The lowest BCUT2D eigenvalue weighted by atomic mass is 10.0. The van der Waals surface area contributed by atoms with Crippen LogP contribution in [0.4, 0.5) is 16.6 Å². The summed E-state index contributed by atoms with van der Waals surface area (Å²) in [5, 5.41) is 39.1. The van der Waals surface area contributed by atoms with Crippen LogP contribution in [0.3, 0.4) is 0 Å². The molecule has 10 N–H and O–H groups in total.